The molecule has 0 amide bonds. The average molecular weight is 297 g/mol. The van der Waals surface area contributed by atoms with Crippen LogP contribution in [-0.4, -0.2) is 26.2 Å². The van der Waals surface area contributed by atoms with E-state index in [0.29, 0.717) is 17.0 Å². The first-order chi connectivity index (χ1) is 10.2. The topological polar surface area (TPSA) is 69.9 Å². The predicted octanol–water partition coefficient (Wildman–Crippen LogP) is 2.44. The van der Waals surface area contributed by atoms with Crippen LogP contribution in [-0.2, 0) is 0 Å². The van der Waals surface area contributed by atoms with E-state index in [1.807, 2.05) is 6.07 Å². The van der Waals surface area contributed by atoms with Crippen LogP contribution in [0.3, 0.4) is 0 Å². The van der Waals surface area contributed by atoms with Crippen LogP contribution in [0.1, 0.15) is 10.4 Å². The van der Waals surface area contributed by atoms with Crippen molar-refractivity contribution in [2.24, 2.45) is 0 Å². The van der Waals surface area contributed by atoms with Crippen LogP contribution in [0.5, 0.6) is 5.75 Å². The smallest absolute Gasteiger partial charge is 0.343 e. The number of para-hydroxylation sites is 1. The lowest BCUT2D eigenvalue weighted by Gasteiger charge is -2.06. The lowest BCUT2D eigenvalue weighted by Crippen LogP contribution is -2.09. The molecule has 2 aromatic carbocycles. The van der Waals surface area contributed by atoms with Crippen LogP contribution in [0, 0.1) is 0 Å². The van der Waals surface area contributed by atoms with Crippen molar-refractivity contribution in [2.45, 2.75) is 5.16 Å². The van der Waals surface area contributed by atoms with Gasteiger partial charge in [-0.25, -0.2) is 4.79 Å². The summed E-state index contributed by atoms with van der Waals surface area (Å²) >= 11 is 4.99. The fraction of sp³-hybridized carbons (Fsp3) is 0. The second-order valence-electron chi connectivity index (χ2n) is 4.13. The van der Waals surface area contributed by atoms with Gasteiger partial charge in [0.25, 0.3) is 0 Å². The van der Waals surface area contributed by atoms with E-state index in [1.54, 1.807) is 48.5 Å². The average Bonchev–Trinajstić information content (AvgIpc) is 2.94. The molecule has 3 aromatic rings. The molecular formula is C14H9N4O2S. The zero-order valence-electron chi connectivity index (χ0n) is 10.7. The number of rotatable bonds is 3. The SMILES string of the molecule is O=C(Oc1ccccc1)c1cccc(-n2nnnc2[S])c1. The van der Waals surface area contributed by atoms with E-state index < -0.39 is 5.97 Å². The lowest BCUT2D eigenvalue weighted by atomic mass is 10.2. The van der Waals surface area contributed by atoms with E-state index in [-0.39, 0.29) is 5.16 Å². The summed E-state index contributed by atoms with van der Waals surface area (Å²) in [5.41, 5.74) is 0.994. The molecule has 0 saturated heterocycles. The van der Waals surface area contributed by atoms with Crippen LogP contribution >= 0.6 is 12.6 Å². The van der Waals surface area contributed by atoms with Gasteiger partial charge < -0.3 is 4.74 Å². The van der Waals surface area contributed by atoms with Crippen molar-refractivity contribution in [1.82, 2.24) is 20.2 Å². The van der Waals surface area contributed by atoms with Gasteiger partial charge in [0.15, 0.2) is 0 Å². The Labute approximate surface area is 125 Å². The minimum atomic E-state index is -0.456. The number of carbonyl (C=O) groups excluding carboxylic acids is 1. The Morgan fingerprint density at radius 2 is 1.90 bits per heavy atom. The highest BCUT2D eigenvalue weighted by atomic mass is 32.1. The second kappa shape index (κ2) is 5.68. The van der Waals surface area contributed by atoms with Crippen molar-refractivity contribution in [3.63, 3.8) is 0 Å². The van der Waals surface area contributed by atoms with E-state index in [4.69, 9.17) is 17.4 Å². The molecule has 0 aliphatic carbocycles. The molecule has 1 heterocycles. The van der Waals surface area contributed by atoms with E-state index in [1.165, 1.54) is 4.68 Å². The van der Waals surface area contributed by atoms with Gasteiger partial charge in [-0.1, -0.05) is 29.4 Å². The van der Waals surface area contributed by atoms with Gasteiger partial charge in [0.2, 0.25) is 5.16 Å². The molecule has 0 atom stereocenters. The summed E-state index contributed by atoms with van der Waals surface area (Å²) in [6.07, 6.45) is 0. The molecule has 7 heteroatoms. The number of hydrogen-bond acceptors (Lipinski definition) is 5. The Bertz CT molecular complexity index is 773. The van der Waals surface area contributed by atoms with Crippen molar-refractivity contribution in [1.29, 1.82) is 0 Å². The third kappa shape index (κ3) is 2.87. The van der Waals surface area contributed by atoms with Gasteiger partial charge in [0.05, 0.1) is 11.3 Å². The van der Waals surface area contributed by atoms with Gasteiger partial charge in [-0.05, 0) is 53.4 Å². The summed E-state index contributed by atoms with van der Waals surface area (Å²) in [6, 6.07) is 15.6. The first-order valence-corrected chi connectivity index (χ1v) is 6.48. The van der Waals surface area contributed by atoms with Crippen LogP contribution in [0.2, 0.25) is 0 Å². The first kappa shape index (κ1) is 13.2. The number of benzene rings is 2. The zero-order valence-corrected chi connectivity index (χ0v) is 11.5. The molecule has 0 aliphatic heterocycles. The summed E-state index contributed by atoms with van der Waals surface area (Å²) in [4.78, 5) is 12.1. The fourth-order valence-corrected chi connectivity index (χ4v) is 1.94. The maximum Gasteiger partial charge on any atom is 0.343 e. The van der Waals surface area contributed by atoms with Crippen LogP contribution in [0.15, 0.2) is 59.8 Å². The van der Waals surface area contributed by atoms with Crippen molar-refractivity contribution < 1.29 is 9.53 Å². The largest absolute Gasteiger partial charge is 0.423 e. The molecule has 1 radical (unpaired) electrons. The normalized spacial score (nSPS) is 10.3. The Hall–Kier alpha value is -2.80. The summed E-state index contributed by atoms with van der Waals surface area (Å²) in [5.74, 6) is 0.0290. The maximum atomic E-state index is 12.1. The minimum absolute atomic E-state index is 0.226. The lowest BCUT2D eigenvalue weighted by molar-refractivity contribution is 0.0734. The molecule has 0 aliphatic rings. The molecule has 21 heavy (non-hydrogen) atoms. The van der Waals surface area contributed by atoms with E-state index in [2.05, 4.69) is 15.5 Å². The molecule has 1 aromatic heterocycles. The van der Waals surface area contributed by atoms with E-state index in [0.717, 1.165) is 0 Å². The molecule has 0 bridgehead atoms. The number of ether oxygens (including phenoxy) is 1. The summed E-state index contributed by atoms with van der Waals surface area (Å²) < 4.78 is 6.65. The quantitative estimate of drug-likeness (QED) is 0.548. The Morgan fingerprint density at radius 1 is 1.10 bits per heavy atom. The molecule has 103 valence electrons. The monoisotopic (exact) mass is 297 g/mol. The summed E-state index contributed by atoms with van der Waals surface area (Å²) in [7, 11) is 0. The molecule has 0 spiro atoms. The third-order valence-corrected chi connectivity index (χ3v) is 2.98. The predicted molar refractivity (Wildman–Crippen MR) is 76.4 cm³/mol. The molecule has 6 nitrogen and oxygen atoms in total. The molecule has 0 N–H and O–H groups in total. The molecule has 0 fully saturated rings. The number of aromatic nitrogens is 4. The zero-order chi connectivity index (χ0) is 14.7. The van der Waals surface area contributed by atoms with E-state index in [9.17, 15) is 4.79 Å². The van der Waals surface area contributed by atoms with Crippen LogP contribution < -0.4 is 4.74 Å². The fourth-order valence-electron chi connectivity index (χ4n) is 1.76. The first-order valence-electron chi connectivity index (χ1n) is 6.07. The minimum Gasteiger partial charge on any atom is -0.423 e. The van der Waals surface area contributed by atoms with Gasteiger partial charge in [0, 0.05) is 0 Å². The van der Waals surface area contributed by atoms with Gasteiger partial charge in [0.1, 0.15) is 5.75 Å². The Kier molecular flexibility index (Phi) is 3.57. The number of tetrazole rings is 1. The molecule has 0 unspecified atom stereocenters. The number of esters is 1. The van der Waals surface area contributed by atoms with Crippen LogP contribution in [0.25, 0.3) is 5.69 Å². The molecule has 3 rings (SSSR count). The van der Waals surface area contributed by atoms with Gasteiger partial charge in [-0.2, -0.15) is 4.68 Å². The van der Waals surface area contributed by atoms with Crippen molar-refractivity contribution >= 4 is 18.6 Å². The third-order valence-electron chi connectivity index (χ3n) is 2.72. The van der Waals surface area contributed by atoms with Crippen molar-refractivity contribution in [3.8, 4) is 11.4 Å². The number of nitrogens with zero attached hydrogens (tertiary/aromatic N) is 4. The summed E-state index contributed by atoms with van der Waals surface area (Å²) in [6.45, 7) is 0. The summed E-state index contributed by atoms with van der Waals surface area (Å²) in [5, 5.41) is 11.1. The highest BCUT2D eigenvalue weighted by Crippen LogP contribution is 2.15. The van der Waals surface area contributed by atoms with Crippen molar-refractivity contribution in [2.75, 3.05) is 0 Å². The Morgan fingerprint density at radius 3 is 2.62 bits per heavy atom. The highest BCUT2D eigenvalue weighted by molar-refractivity contribution is 7.80. The van der Waals surface area contributed by atoms with Crippen LogP contribution in [0.4, 0.5) is 0 Å². The standard InChI is InChI=1S/C14H9N4O2S/c19-13(20-12-7-2-1-3-8-12)10-5-4-6-11(9-10)18-14(21)15-16-17-18/h1-9H. The maximum absolute atomic E-state index is 12.1. The number of carbonyl (C=O) groups is 1. The van der Waals surface area contributed by atoms with Crippen molar-refractivity contribution in [3.05, 3.63) is 60.2 Å². The Balaban J connectivity index is 1.86. The second-order valence-corrected chi connectivity index (χ2v) is 4.49. The molecular weight excluding hydrogens is 288 g/mol. The number of hydrogen-bond donors (Lipinski definition) is 0. The highest BCUT2D eigenvalue weighted by Gasteiger charge is 2.11. The van der Waals surface area contributed by atoms with Gasteiger partial charge in [-0.3, -0.25) is 0 Å². The molecule has 0 saturated carbocycles. The van der Waals surface area contributed by atoms with E-state index >= 15 is 0 Å². The van der Waals surface area contributed by atoms with Gasteiger partial charge >= 0.3 is 5.97 Å². The van der Waals surface area contributed by atoms with Gasteiger partial charge in [-0.15, -0.1) is 0 Å².